The van der Waals surface area contributed by atoms with Crippen LogP contribution in [0.4, 0.5) is 0 Å². The maximum absolute atomic E-state index is 9.23. The monoisotopic (exact) mass is 208 g/mol. The topological polar surface area (TPSA) is 45.1 Å². The highest BCUT2D eigenvalue weighted by Crippen LogP contribution is 2.09. The number of hydrogen-bond acceptors (Lipinski definition) is 3. The summed E-state index contributed by atoms with van der Waals surface area (Å²) in [5.41, 5.74) is 1.98. The SMILES string of the molecule is CCC(C)(CO)NCc1ccc(C)nc1. The molecule has 1 aromatic heterocycles. The molecule has 0 radical (unpaired) electrons. The minimum atomic E-state index is -0.190. The molecule has 3 heteroatoms. The van der Waals surface area contributed by atoms with Gasteiger partial charge in [0.15, 0.2) is 0 Å². The number of hydrogen-bond donors (Lipinski definition) is 2. The molecule has 0 saturated carbocycles. The van der Waals surface area contributed by atoms with Gasteiger partial charge in [0.1, 0.15) is 0 Å². The molecule has 2 N–H and O–H groups in total. The molecule has 0 aliphatic rings. The van der Waals surface area contributed by atoms with Crippen LogP contribution in [0.1, 0.15) is 31.5 Å². The van der Waals surface area contributed by atoms with E-state index in [1.165, 1.54) is 0 Å². The van der Waals surface area contributed by atoms with Gasteiger partial charge in [0.25, 0.3) is 0 Å². The number of nitrogens with zero attached hydrogens (tertiary/aromatic N) is 1. The molecule has 1 unspecified atom stereocenters. The van der Waals surface area contributed by atoms with Crippen LogP contribution < -0.4 is 5.32 Å². The van der Waals surface area contributed by atoms with E-state index in [0.717, 1.165) is 24.2 Å². The van der Waals surface area contributed by atoms with Crippen LogP contribution >= 0.6 is 0 Å². The molecule has 1 aromatic rings. The van der Waals surface area contributed by atoms with Gasteiger partial charge < -0.3 is 10.4 Å². The van der Waals surface area contributed by atoms with Crippen LogP contribution in [-0.4, -0.2) is 22.2 Å². The second kappa shape index (κ2) is 5.24. The highest BCUT2D eigenvalue weighted by atomic mass is 16.3. The van der Waals surface area contributed by atoms with Crippen LogP contribution in [-0.2, 0) is 6.54 Å². The largest absolute Gasteiger partial charge is 0.394 e. The van der Waals surface area contributed by atoms with E-state index in [0.29, 0.717) is 0 Å². The maximum atomic E-state index is 9.23. The van der Waals surface area contributed by atoms with E-state index >= 15 is 0 Å². The first-order valence-electron chi connectivity index (χ1n) is 5.37. The number of rotatable bonds is 5. The quantitative estimate of drug-likeness (QED) is 0.773. The molecule has 1 rings (SSSR count). The first kappa shape index (κ1) is 12.1. The fourth-order valence-electron chi connectivity index (χ4n) is 1.21. The van der Waals surface area contributed by atoms with Crippen molar-refractivity contribution in [1.29, 1.82) is 0 Å². The Labute approximate surface area is 91.5 Å². The van der Waals surface area contributed by atoms with Gasteiger partial charge >= 0.3 is 0 Å². The van der Waals surface area contributed by atoms with Crippen molar-refractivity contribution in [3.63, 3.8) is 0 Å². The maximum Gasteiger partial charge on any atom is 0.0610 e. The molecule has 15 heavy (non-hydrogen) atoms. The summed E-state index contributed by atoms with van der Waals surface area (Å²) in [5, 5.41) is 12.6. The summed E-state index contributed by atoms with van der Waals surface area (Å²) in [6.07, 6.45) is 2.78. The molecular formula is C12H20N2O. The van der Waals surface area contributed by atoms with Crippen molar-refractivity contribution in [2.45, 2.75) is 39.3 Å². The smallest absolute Gasteiger partial charge is 0.0610 e. The Balaban J connectivity index is 2.53. The Kier molecular flexibility index (Phi) is 4.24. The minimum Gasteiger partial charge on any atom is -0.394 e. The van der Waals surface area contributed by atoms with Crippen LogP contribution in [0.5, 0.6) is 0 Å². The number of pyridine rings is 1. The zero-order valence-corrected chi connectivity index (χ0v) is 9.75. The van der Waals surface area contributed by atoms with E-state index in [9.17, 15) is 5.11 Å². The summed E-state index contributed by atoms with van der Waals surface area (Å²) >= 11 is 0. The van der Waals surface area contributed by atoms with E-state index in [1.54, 1.807) is 0 Å². The van der Waals surface area contributed by atoms with Gasteiger partial charge in [0, 0.05) is 24.0 Å². The normalized spacial score (nSPS) is 14.9. The fourth-order valence-corrected chi connectivity index (χ4v) is 1.21. The lowest BCUT2D eigenvalue weighted by molar-refractivity contribution is 0.169. The summed E-state index contributed by atoms with van der Waals surface area (Å²) in [7, 11) is 0. The van der Waals surface area contributed by atoms with E-state index < -0.39 is 0 Å². The van der Waals surface area contributed by atoms with Crippen LogP contribution in [0.15, 0.2) is 18.3 Å². The van der Waals surface area contributed by atoms with Crippen LogP contribution in [0.25, 0.3) is 0 Å². The highest BCUT2D eigenvalue weighted by molar-refractivity contribution is 5.13. The summed E-state index contributed by atoms with van der Waals surface area (Å²) in [4.78, 5) is 4.23. The van der Waals surface area contributed by atoms with E-state index in [2.05, 4.69) is 23.3 Å². The number of nitrogens with one attached hydrogen (secondary N) is 1. The predicted octanol–water partition coefficient (Wildman–Crippen LogP) is 1.64. The summed E-state index contributed by atoms with van der Waals surface area (Å²) < 4.78 is 0. The molecule has 0 bridgehead atoms. The number of aliphatic hydroxyl groups excluding tert-OH is 1. The molecule has 0 fully saturated rings. The predicted molar refractivity (Wildman–Crippen MR) is 61.6 cm³/mol. The molecule has 0 aromatic carbocycles. The fraction of sp³-hybridized carbons (Fsp3) is 0.583. The van der Waals surface area contributed by atoms with Crippen molar-refractivity contribution < 1.29 is 5.11 Å². The number of aryl methyl sites for hydroxylation is 1. The van der Waals surface area contributed by atoms with Gasteiger partial charge in [-0.2, -0.15) is 0 Å². The van der Waals surface area contributed by atoms with E-state index in [-0.39, 0.29) is 12.1 Å². The molecule has 84 valence electrons. The third kappa shape index (κ3) is 3.61. The standard InChI is InChI=1S/C12H20N2O/c1-4-12(3,9-15)14-8-11-6-5-10(2)13-7-11/h5-7,14-15H,4,8-9H2,1-3H3. The van der Waals surface area contributed by atoms with Gasteiger partial charge in [-0.15, -0.1) is 0 Å². The molecule has 0 aliphatic heterocycles. The zero-order valence-electron chi connectivity index (χ0n) is 9.75. The lowest BCUT2D eigenvalue weighted by atomic mass is 10.00. The second-order valence-corrected chi connectivity index (χ2v) is 4.23. The molecule has 0 amide bonds. The molecule has 1 heterocycles. The van der Waals surface area contributed by atoms with Crippen molar-refractivity contribution in [2.24, 2.45) is 0 Å². The van der Waals surface area contributed by atoms with Crippen molar-refractivity contribution in [3.05, 3.63) is 29.6 Å². The third-order valence-corrected chi connectivity index (χ3v) is 2.82. The summed E-state index contributed by atoms with van der Waals surface area (Å²) in [6.45, 7) is 6.97. The van der Waals surface area contributed by atoms with Crippen molar-refractivity contribution in [3.8, 4) is 0 Å². The zero-order chi connectivity index (χ0) is 11.3. The summed E-state index contributed by atoms with van der Waals surface area (Å²) in [6, 6.07) is 4.06. The average molecular weight is 208 g/mol. The number of aromatic nitrogens is 1. The Morgan fingerprint density at radius 3 is 2.67 bits per heavy atom. The molecule has 0 spiro atoms. The minimum absolute atomic E-state index is 0.156. The Hall–Kier alpha value is -0.930. The van der Waals surface area contributed by atoms with Gasteiger partial charge in [-0.3, -0.25) is 4.98 Å². The van der Waals surface area contributed by atoms with Gasteiger partial charge in [-0.05, 0) is 31.9 Å². The van der Waals surface area contributed by atoms with Gasteiger partial charge in [-0.25, -0.2) is 0 Å². The highest BCUT2D eigenvalue weighted by Gasteiger charge is 2.19. The van der Waals surface area contributed by atoms with E-state index in [4.69, 9.17) is 0 Å². The lowest BCUT2D eigenvalue weighted by Crippen LogP contribution is -2.44. The Morgan fingerprint density at radius 1 is 1.47 bits per heavy atom. The molecule has 1 atom stereocenters. The van der Waals surface area contributed by atoms with E-state index in [1.807, 2.05) is 26.1 Å². The van der Waals surface area contributed by atoms with Gasteiger partial charge in [0.2, 0.25) is 0 Å². The van der Waals surface area contributed by atoms with Crippen LogP contribution in [0.2, 0.25) is 0 Å². The van der Waals surface area contributed by atoms with Crippen molar-refractivity contribution in [2.75, 3.05) is 6.61 Å². The van der Waals surface area contributed by atoms with Crippen molar-refractivity contribution >= 4 is 0 Å². The van der Waals surface area contributed by atoms with Gasteiger partial charge in [-0.1, -0.05) is 13.0 Å². The van der Waals surface area contributed by atoms with Crippen LogP contribution in [0, 0.1) is 6.92 Å². The lowest BCUT2D eigenvalue weighted by Gasteiger charge is -2.27. The first-order chi connectivity index (χ1) is 7.09. The molecule has 0 saturated heterocycles. The average Bonchev–Trinajstić information content (AvgIpc) is 2.28. The van der Waals surface area contributed by atoms with Crippen molar-refractivity contribution in [1.82, 2.24) is 10.3 Å². The Bertz CT molecular complexity index is 291. The molecular weight excluding hydrogens is 188 g/mol. The van der Waals surface area contributed by atoms with Crippen LogP contribution in [0.3, 0.4) is 0 Å². The Morgan fingerprint density at radius 2 is 2.20 bits per heavy atom. The second-order valence-electron chi connectivity index (χ2n) is 4.23. The first-order valence-corrected chi connectivity index (χ1v) is 5.37. The third-order valence-electron chi connectivity index (χ3n) is 2.82. The molecule has 0 aliphatic carbocycles. The molecule has 3 nitrogen and oxygen atoms in total. The number of aliphatic hydroxyl groups is 1. The summed E-state index contributed by atoms with van der Waals surface area (Å²) in [5.74, 6) is 0. The van der Waals surface area contributed by atoms with Gasteiger partial charge in [0.05, 0.1) is 6.61 Å².